The predicted molar refractivity (Wildman–Crippen MR) is 79.0 cm³/mol. The Morgan fingerprint density at radius 1 is 1.53 bits per heavy atom. The number of hydrogen-bond acceptors (Lipinski definition) is 4. The Morgan fingerprint density at radius 2 is 2.32 bits per heavy atom. The van der Waals surface area contributed by atoms with E-state index >= 15 is 0 Å². The van der Waals surface area contributed by atoms with Gasteiger partial charge in [-0.05, 0) is 33.6 Å². The van der Waals surface area contributed by atoms with Crippen molar-refractivity contribution in [2.45, 2.75) is 19.9 Å². The first-order valence-corrected chi connectivity index (χ1v) is 7.19. The van der Waals surface area contributed by atoms with Crippen molar-refractivity contribution in [3.63, 3.8) is 0 Å². The summed E-state index contributed by atoms with van der Waals surface area (Å²) < 4.78 is 6.21. The van der Waals surface area contributed by atoms with E-state index in [1.165, 1.54) is 5.56 Å². The SMILES string of the molecule is COc1ccc(CN2CC/C(=N/O)C(C)C2)cc1Br. The van der Waals surface area contributed by atoms with Gasteiger partial charge in [0.05, 0.1) is 17.3 Å². The topological polar surface area (TPSA) is 45.1 Å². The highest BCUT2D eigenvalue weighted by Crippen LogP contribution is 2.26. The fourth-order valence-electron chi connectivity index (χ4n) is 2.46. The minimum atomic E-state index is 0.320. The molecule has 1 heterocycles. The molecule has 1 aliphatic heterocycles. The lowest BCUT2D eigenvalue weighted by Gasteiger charge is -2.31. The van der Waals surface area contributed by atoms with E-state index in [1.807, 2.05) is 6.07 Å². The van der Waals surface area contributed by atoms with Crippen LogP contribution >= 0.6 is 15.9 Å². The van der Waals surface area contributed by atoms with Crippen LogP contribution in [-0.2, 0) is 6.54 Å². The van der Waals surface area contributed by atoms with Crippen LogP contribution in [0.1, 0.15) is 18.9 Å². The maximum atomic E-state index is 8.88. The maximum Gasteiger partial charge on any atom is 0.133 e. The molecule has 0 radical (unpaired) electrons. The lowest BCUT2D eigenvalue weighted by atomic mass is 9.97. The third-order valence-electron chi connectivity index (χ3n) is 3.54. The molecule has 0 bridgehead atoms. The molecule has 0 aromatic heterocycles. The molecule has 4 nitrogen and oxygen atoms in total. The highest BCUT2D eigenvalue weighted by molar-refractivity contribution is 9.10. The third kappa shape index (κ3) is 3.48. The molecule has 19 heavy (non-hydrogen) atoms. The van der Waals surface area contributed by atoms with E-state index in [2.05, 4.69) is 45.0 Å². The number of rotatable bonds is 3. The summed E-state index contributed by atoms with van der Waals surface area (Å²) in [6, 6.07) is 6.16. The number of halogens is 1. The molecule has 1 unspecified atom stereocenters. The summed E-state index contributed by atoms with van der Waals surface area (Å²) in [4.78, 5) is 2.38. The van der Waals surface area contributed by atoms with Gasteiger partial charge in [-0.15, -0.1) is 0 Å². The van der Waals surface area contributed by atoms with E-state index in [0.29, 0.717) is 5.92 Å². The average Bonchev–Trinajstić information content (AvgIpc) is 2.39. The number of benzene rings is 1. The van der Waals surface area contributed by atoms with E-state index in [-0.39, 0.29) is 0 Å². The lowest BCUT2D eigenvalue weighted by molar-refractivity contribution is 0.228. The average molecular weight is 327 g/mol. The minimum Gasteiger partial charge on any atom is -0.496 e. The van der Waals surface area contributed by atoms with E-state index in [4.69, 9.17) is 9.94 Å². The van der Waals surface area contributed by atoms with Crippen LogP contribution in [0.4, 0.5) is 0 Å². The Bertz CT molecular complexity index is 477. The zero-order valence-electron chi connectivity index (χ0n) is 11.3. The van der Waals surface area contributed by atoms with Crippen LogP contribution in [0, 0.1) is 5.92 Å². The highest BCUT2D eigenvalue weighted by atomic mass is 79.9. The zero-order valence-corrected chi connectivity index (χ0v) is 12.9. The summed E-state index contributed by atoms with van der Waals surface area (Å²) in [5, 5.41) is 12.3. The molecular formula is C14H19BrN2O2. The number of oxime groups is 1. The van der Waals surface area contributed by atoms with Crippen molar-refractivity contribution >= 4 is 21.6 Å². The van der Waals surface area contributed by atoms with Crippen LogP contribution in [0.3, 0.4) is 0 Å². The largest absolute Gasteiger partial charge is 0.496 e. The van der Waals surface area contributed by atoms with Crippen LogP contribution in [0.25, 0.3) is 0 Å². The second kappa shape index (κ2) is 6.39. The molecule has 1 aromatic rings. The van der Waals surface area contributed by atoms with E-state index in [1.54, 1.807) is 7.11 Å². The monoisotopic (exact) mass is 326 g/mol. The Morgan fingerprint density at radius 3 is 2.89 bits per heavy atom. The molecule has 1 fully saturated rings. The first-order valence-electron chi connectivity index (χ1n) is 6.39. The maximum absolute atomic E-state index is 8.88. The summed E-state index contributed by atoms with van der Waals surface area (Å²) in [6.07, 6.45) is 0.842. The first kappa shape index (κ1) is 14.3. The van der Waals surface area contributed by atoms with E-state index < -0.39 is 0 Å². The molecule has 1 saturated heterocycles. The molecule has 104 valence electrons. The standard InChI is InChI=1S/C14H19BrN2O2/c1-10-8-17(6-5-13(10)16-18)9-11-3-4-14(19-2)12(15)7-11/h3-4,7,10,18H,5-6,8-9H2,1-2H3/b16-13-. The van der Waals surface area contributed by atoms with Gasteiger partial charge in [-0.1, -0.05) is 18.1 Å². The zero-order chi connectivity index (χ0) is 13.8. The smallest absolute Gasteiger partial charge is 0.133 e. The Balaban J connectivity index is 2.00. The molecule has 2 rings (SSSR count). The van der Waals surface area contributed by atoms with Crippen molar-refractivity contribution in [1.82, 2.24) is 4.90 Å². The van der Waals surface area contributed by atoms with Crippen LogP contribution < -0.4 is 4.74 Å². The number of nitrogens with zero attached hydrogens (tertiary/aromatic N) is 2. The van der Waals surface area contributed by atoms with Gasteiger partial charge < -0.3 is 9.94 Å². The summed E-state index contributed by atoms with van der Waals surface area (Å²) in [5.41, 5.74) is 2.16. The predicted octanol–water partition coefficient (Wildman–Crippen LogP) is 3.13. The normalized spacial score (nSPS) is 22.7. The molecule has 0 saturated carbocycles. The Kier molecular flexibility index (Phi) is 4.82. The van der Waals surface area contributed by atoms with Crippen molar-refractivity contribution in [2.75, 3.05) is 20.2 Å². The summed E-state index contributed by atoms with van der Waals surface area (Å²) in [7, 11) is 1.67. The second-order valence-electron chi connectivity index (χ2n) is 4.95. The van der Waals surface area contributed by atoms with Crippen molar-refractivity contribution in [3.05, 3.63) is 28.2 Å². The first-order chi connectivity index (χ1) is 9.13. The van der Waals surface area contributed by atoms with Gasteiger partial charge in [-0.2, -0.15) is 0 Å². The van der Waals surface area contributed by atoms with Crippen molar-refractivity contribution in [2.24, 2.45) is 11.1 Å². The molecule has 1 N–H and O–H groups in total. The fourth-order valence-corrected chi connectivity index (χ4v) is 3.05. The Labute approximate surface area is 122 Å². The minimum absolute atomic E-state index is 0.320. The van der Waals surface area contributed by atoms with Gasteiger partial charge >= 0.3 is 0 Å². The van der Waals surface area contributed by atoms with Gasteiger partial charge in [0.1, 0.15) is 5.75 Å². The molecule has 1 aliphatic rings. The van der Waals surface area contributed by atoms with Crippen molar-refractivity contribution < 1.29 is 9.94 Å². The van der Waals surface area contributed by atoms with Gasteiger partial charge in [0.25, 0.3) is 0 Å². The molecule has 0 amide bonds. The molecule has 1 aromatic carbocycles. The summed E-state index contributed by atoms with van der Waals surface area (Å²) in [6.45, 7) is 4.88. The number of ether oxygens (including phenoxy) is 1. The van der Waals surface area contributed by atoms with Crippen LogP contribution in [0.15, 0.2) is 27.8 Å². The quantitative estimate of drug-likeness (QED) is 0.685. The Hall–Kier alpha value is -1.07. The van der Waals surface area contributed by atoms with Gasteiger partial charge in [0.2, 0.25) is 0 Å². The number of hydrogen-bond donors (Lipinski definition) is 1. The molecule has 5 heteroatoms. The van der Waals surface area contributed by atoms with Gasteiger partial charge in [-0.3, -0.25) is 4.90 Å². The van der Waals surface area contributed by atoms with E-state index in [0.717, 1.165) is 42.0 Å². The summed E-state index contributed by atoms with van der Waals surface area (Å²) in [5.74, 6) is 1.17. The molecular weight excluding hydrogens is 308 g/mol. The molecule has 0 aliphatic carbocycles. The molecule has 1 atom stereocenters. The van der Waals surface area contributed by atoms with Gasteiger partial charge in [-0.25, -0.2) is 0 Å². The highest BCUT2D eigenvalue weighted by Gasteiger charge is 2.22. The second-order valence-corrected chi connectivity index (χ2v) is 5.80. The number of likely N-dealkylation sites (tertiary alicyclic amines) is 1. The third-order valence-corrected chi connectivity index (χ3v) is 4.16. The van der Waals surface area contributed by atoms with Crippen molar-refractivity contribution in [3.8, 4) is 5.75 Å². The fraction of sp³-hybridized carbons (Fsp3) is 0.500. The van der Waals surface area contributed by atoms with Crippen LogP contribution in [0.5, 0.6) is 5.75 Å². The molecule has 0 spiro atoms. The van der Waals surface area contributed by atoms with Crippen LogP contribution in [0.2, 0.25) is 0 Å². The van der Waals surface area contributed by atoms with Crippen molar-refractivity contribution in [1.29, 1.82) is 0 Å². The van der Waals surface area contributed by atoms with Gasteiger partial charge in [0, 0.05) is 32.0 Å². The summed E-state index contributed by atoms with van der Waals surface area (Å²) >= 11 is 3.51. The van der Waals surface area contributed by atoms with E-state index in [9.17, 15) is 0 Å². The number of piperidine rings is 1. The lowest BCUT2D eigenvalue weighted by Crippen LogP contribution is -2.39. The van der Waals surface area contributed by atoms with Crippen LogP contribution in [-0.4, -0.2) is 36.0 Å². The van der Waals surface area contributed by atoms with Gasteiger partial charge in [0.15, 0.2) is 0 Å². The number of methoxy groups -OCH3 is 1.